The van der Waals surface area contributed by atoms with Crippen molar-refractivity contribution in [2.75, 3.05) is 18.5 Å². The van der Waals surface area contributed by atoms with Crippen molar-refractivity contribution in [1.82, 2.24) is 0 Å². The lowest BCUT2D eigenvalue weighted by Crippen LogP contribution is -2.24. The molecule has 14 heavy (non-hydrogen) atoms. The summed E-state index contributed by atoms with van der Waals surface area (Å²) in [6.45, 7) is 1.14. The summed E-state index contributed by atoms with van der Waals surface area (Å²) in [6.07, 6.45) is 2.35. The summed E-state index contributed by atoms with van der Waals surface area (Å²) >= 11 is 1.24. The van der Waals surface area contributed by atoms with Crippen LogP contribution in [0.5, 0.6) is 0 Å². The largest absolute Gasteiger partial charge is 0.374 e. The molecule has 1 aliphatic heterocycles. The van der Waals surface area contributed by atoms with E-state index in [0.717, 1.165) is 17.9 Å². The van der Waals surface area contributed by atoms with Gasteiger partial charge in [-0.1, -0.05) is 0 Å². The van der Waals surface area contributed by atoms with Crippen LogP contribution in [0.15, 0.2) is 23.1 Å². The van der Waals surface area contributed by atoms with Gasteiger partial charge in [0.15, 0.2) is 0 Å². The van der Waals surface area contributed by atoms with Crippen molar-refractivity contribution in [2.24, 2.45) is 0 Å². The minimum Gasteiger partial charge on any atom is -0.374 e. The molecule has 0 aliphatic carbocycles. The quantitative estimate of drug-likeness (QED) is 0.520. The Morgan fingerprint density at radius 2 is 2.36 bits per heavy atom. The maximum Gasteiger partial charge on any atom is 0.138 e. The van der Waals surface area contributed by atoms with Gasteiger partial charge in [0.05, 0.1) is 0 Å². The molecule has 1 heterocycles. The zero-order valence-corrected chi connectivity index (χ0v) is 8.97. The summed E-state index contributed by atoms with van der Waals surface area (Å²) in [5.74, 6) is 0. The summed E-state index contributed by atoms with van der Waals surface area (Å²) < 4.78 is 0. The summed E-state index contributed by atoms with van der Waals surface area (Å²) in [7, 11) is 2.12. The van der Waals surface area contributed by atoms with Crippen LogP contribution in [0.25, 0.3) is 0 Å². The maximum absolute atomic E-state index is 8.58. The van der Waals surface area contributed by atoms with Gasteiger partial charge in [0, 0.05) is 24.2 Å². The highest BCUT2D eigenvalue weighted by Crippen LogP contribution is 2.29. The molecular weight excluding hydrogens is 192 g/mol. The maximum atomic E-state index is 8.58. The van der Waals surface area contributed by atoms with Crippen molar-refractivity contribution >= 4 is 17.4 Å². The molecule has 2 nitrogen and oxygen atoms in total. The molecule has 0 N–H and O–H groups in total. The van der Waals surface area contributed by atoms with Gasteiger partial charge in [-0.25, -0.2) is 0 Å². The Morgan fingerprint density at radius 1 is 1.50 bits per heavy atom. The van der Waals surface area contributed by atoms with Crippen LogP contribution in [-0.4, -0.2) is 13.6 Å². The standard InChI is InChI=1S/C11H12N2S/c1-13-6-2-3-9-7-10(14-8-12)4-5-11(9)13/h4-5,7H,2-3,6H2,1H3. The SMILES string of the molecule is CN1CCCc2cc(SC#N)ccc21. The third-order valence-corrected chi connectivity index (χ3v) is 3.15. The summed E-state index contributed by atoms with van der Waals surface area (Å²) in [5, 5.41) is 10.7. The predicted octanol–water partition coefficient (Wildman–Crippen LogP) is 2.64. The lowest BCUT2D eigenvalue weighted by atomic mass is 10.0. The lowest BCUT2D eigenvalue weighted by molar-refractivity contribution is 0.742. The van der Waals surface area contributed by atoms with E-state index in [1.807, 2.05) is 6.07 Å². The summed E-state index contributed by atoms with van der Waals surface area (Å²) in [5.41, 5.74) is 2.69. The molecular formula is C11H12N2S. The van der Waals surface area contributed by atoms with Crippen LogP contribution < -0.4 is 4.90 Å². The number of anilines is 1. The molecule has 0 fully saturated rings. The molecule has 0 radical (unpaired) electrons. The molecule has 0 amide bonds. The van der Waals surface area contributed by atoms with E-state index in [4.69, 9.17) is 5.26 Å². The second-order valence-electron chi connectivity index (χ2n) is 3.51. The fourth-order valence-electron chi connectivity index (χ4n) is 1.88. The summed E-state index contributed by atoms with van der Waals surface area (Å²) in [4.78, 5) is 3.33. The van der Waals surface area contributed by atoms with Crippen molar-refractivity contribution in [3.63, 3.8) is 0 Å². The zero-order chi connectivity index (χ0) is 9.97. The van der Waals surface area contributed by atoms with E-state index in [1.165, 1.54) is 29.4 Å². The van der Waals surface area contributed by atoms with E-state index in [1.54, 1.807) is 0 Å². The second-order valence-corrected chi connectivity index (χ2v) is 4.37. The Hall–Kier alpha value is -1.14. The van der Waals surface area contributed by atoms with E-state index in [0.29, 0.717) is 0 Å². The molecule has 1 aliphatic rings. The fourth-order valence-corrected chi connectivity index (χ4v) is 2.32. The number of thioether (sulfide) groups is 1. The van der Waals surface area contributed by atoms with Crippen LogP contribution >= 0.6 is 11.8 Å². The Bertz CT molecular complexity index is 381. The smallest absolute Gasteiger partial charge is 0.138 e. The van der Waals surface area contributed by atoms with Crippen LogP contribution in [0.4, 0.5) is 5.69 Å². The van der Waals surface area contributed by atoms with Crippen molar-refractivity contribution in [1.29, 1.82) is 5.26 Å². The molecule has 0 atom stereocenters. The third kappa shape index (κ3) is 1.71. The van der Waals surface area contributed by atoms with Crippen molar-refractivity contribution in [3.8, 4) is 5.40 Å². The first-order valence-corrected chi connectivity index (χ1v) is 5.53. The Labute approximate surface area is 88.5 Å². The lowest BCUT2D eigenvalue weighted by Gasteiger charge is -2.27. The molecule has 72 valence electrons. The molecule has 2 rings (SSSR count). The molecule has 0 unspecified atom stereocenters. The fraction of sp³-hybridized carbons (Fsp3) is 0.364. The first-order valence-electron chi connectivity index (χ1n) is 4.71. The van der Waals surface area contributed by atoms with E-state index in [9.17, 15) is 0 Å². The normalized spacial score (nSPS) is 14.7. The van der Waals surface area contributed by atoms with Crippen LogP contribution in [0, 0.1) is 10.7 Å². The van der Waals surface area contributed by atoms with Crippen LogP contribution in [0.2, 0.25) is 0 Å². The number of nitriles is 1. The molecule has 0 saturated heterocycles. The topological polar surface area (TPSA) is 27.0 Å². The van der Waals surface area contributed by atoms with Gasteiger partial charge in [-0.15, -0.1) is 0 Å². The Morgan fingerprint density at radius 3 is 3.14 bits per heavy atom. The number of fused-ring (bicyclic) bond motifs is 1. The highest BCUT2D eigenvalue weighted by molar-refractivity contribution is 8.03. The Balaban J connectivity index is 2.35. The molecule has 1 aromatic rings. The third-order valence-electron chi connectivity index (χ3n) is 2.57. The van der Waals surface area contributed by atoms with Gasteiger partial charge in [-0.3, -0.25) is 0 Å². The molecule has 3 heteroatoms. The number of rotatable bonds is 1. The van der Waals surface area contributed by atoms with E-state index >= 15 is 0 Å². The molecule has 1 aromatic carbocycles. The van der Waals surface area contributed by atoms with Gasteiger partial charge in [0.2, 0.25) is 0 Å². The Kier molecular flexibility index (Phi) is 2.64. The van der Waals surface area contributed by atoms with Crippen LogP contribution in [-0.2, 0) is 6.42 Å². The van der Waals surface area contributed by atoms with Gasteiger partial charge < -0.3 is 4.90 Å². The highest BCUT2D eigenvalue weighted by Gasteiger charge is 2.13. The van der Waals surface area contributed by atoms with Crippen LogP contribution in [0.3, 0.4) is 0 Å². The first-order chi connectivity index (χ1) is 6.81. The number of hydrogen-bond donors (Lipinski definition) is 0. The molecule has 0 spiro atoms. The van der Waals surface area contributed by atoms with Crippen molar-refractivity contribution in [2.45, 2.75) is 17.7 Å². The highest BCUT2D eigenvalue weighted by atomic mass is 32.2. The number of benzene rings is 1. The van der Waals surface area contributed by atoms with Gasteiger partial charge in [-0.05, 0) is 48.4 Å². The minimum atomic E-state index is 1.06. The van der Waals surface area contributed by atoms with E-state index in [2.05, 4.69) is 29.5 Å². The zero-order valence-electron chi connectivity index (χ0n) is 8.16. The van der Waals surface area contributed by atoms with Gasteiger partial charge in [0.25, 0.3) is 0 Å². The van der Waals surface area contributed by atoms with Crippen molar-refractivity contribution in [3.05, 3.63) is 23.8 Å². The van der Waals surface area contributed by atoms with Crippen molar-refractivity contribution < 1.29 is 0 Å². The number of thiocyanates is 1. The van der Waals surface area contributed by atoms with Gasteiger partial charge >= 0.3 is 0 Å². The predicted molar refractivity (Wildman–Crippen MR) is 59.5 cm³/mol. The van der Waals surface area contributed by atoms with Gasteiger partial charge in [-0.2, -0.15) is 5.26 Å². The average Bonchev–Trinajstić information content (AvgIpc) is 2.18. The monoisotopic (exact) mass is 204 g/mol. The number of aryl methyl sites for hydroxylation is 1. The van der Waals surface area contributed by atoms with Crippen LogP contribution in [0.1, 0.15) is 12.0 Å². The first kappa shape index (κ1) is 9.42. The van der Waals surface area contributed by atoms with E-state index in [-0.39, 0.29) is 0 Å². The minimum absolute atomic E-state index is 1.06. The molecule has 0 bridgehead atoms. The molecule has 0 saturated carbocycles. The van der Waals surface area contributed by atoms with E-state index < -0.39 is 0 Å². The average molecular weight is 204 g/mol. The van der Waals surface area contributed by atoms with Gasteiger partial charge in [0.1, 0.15) is 5.40 Å². The molecule has 0 aromatic heterocycles. The summed E-state index contributed by atoms with van der Waals surface area (Å²) in [6, 6.07) is 6.28. The second kappa shape index (κ2) is 3.93. The number of hydrogen-bond acceptors (Lipinski definition) is 3. The number of nitrogens with zero attached hydrogens (tertiary/aromatic N) is 2.